The average Bonchev–Trinajstić information content (AvgIpc) is 2.84. The van der Waals surface area contributed by atoms with Crippen LogP contribution < -0.4 is 0 Å². The molecule has 3 nitrogen and oxygen atoms in total. The molecule has 1 saturated heterocycles. The van der Waals surface area contributed by atoms with Crippen LogP contribution in [-0.4, -0.2) is 48.4 Å². The summed E-state index contributed by atoms with van der Waals surface area (Å²) in [5.41, 5.74) is 0. The Balaban J connectivity index is 1.74. The third-order valence-electron chi connectivity index (χ3n) is 2.35. The number of rotatable bonds is 3. The van der Waals surface area contributed by atoms with Crippen LogP contribution in [0.1, 0.15) is 12.8 Å². The van der Waals surface area contributed by atoms with Crippen LogP contribution in [0, 0.1) is 0 Å². The summed E-state index contributed by atoms with van der Waals surface area (Å²) in [5.74, 6) is 0.305. The fourth-order valence-corrected chi connectivity index (χ4v) is 1.26. The maximum absolute atomic E-state index is 11.2. The zero-order valence-electron chi connectivity index (χ0n) is 6.92. The molecule has 0 radical (unpaired) electrons. The smallest absolute Gasteiger partial charge is 0.236 e. The van der Waals surface area contributed by atoms with Gasteiger partial charge in [-0.3, -0.25) is 9.69 Å². The second-order valence-electron chi connectivity index (χ2n) is 3.53. The molecule has 11 heavy (non-hydrogen) atoms. The monoisotopic (exact) mass is 154 g/mol. The van der Waals surface area contributed by atoms with Gasteiger partial charge in [0.1, 0.15) is 0 Å². The lowest BCUT2D eigenvalue weighted by Crippen LogP contribution is -2.31. The fraction of sp³-hybridized carbons (Fsp3) is 0.875. The van der Waals surface area contributed by atoms with Gasteiger partial charge in [0, 0.05) is 19.1 Å². The molecule has 2 aliphatic rings. The predicted molar refractivity (Wildman–Crippen MR) is 42.2 cm³/mol. The highest BCUT2D eigenvalue weighted by molar-refractivity contribution is 5.80. The molecule has 0 bridgehead atoms. The summed E-state index contributed by atoms with van der Waals surface area (Å²) in [4.78, 5) is 15.3. The number of carbonyl (C=O) groups is 1. The standard InChI is InChI=1S/C8H14N2O/c1-9(7-2-3-7)6-8(11)10-4-5-10/h7H,2-6H2,1H3. The minimum atomic E-state index is 0.305. The summed E-state index contributed by atoms with van der Waals surface area (Å²) in [6.07, 6.45) is 2.56. The quantitative estimate of drug-likeness (QED) is 0.531. The molecule has 1 aliphatic heterocycles. The van der Waals surface area contributed by atoms with Crippen molar-refractivity contribution < 1.29 is 4.79 Å². The van der Waals surface area contributed by atoms with Crippen molar-refractivity contribution in [2.45, 2.75) is 18.9 Å². The lowest BCUT2D eigenvalue weighted by atomic mass is 10.5. The summed E-state index contributed by atoms with van der Waals surface area (Å²) in [6.45, 7) is 2.60. The molecule has 0 atom stereocenters. The lowest BCUT2D eigenvalue weighted by Gasteiger charge is -2.14. The molecule has 0 aromatic carbocycles. The van der Waals surface area contributed by atoms with Gasteiger partial charge in [-0.15, -0.1) is 0 Å². The van der Waals surface area contributed by atoms with Crippen LogP contribution in [0.5, 0.6) is 0 Å². The molecular weight excluding hydrogens is 140 g/mol. The van der Waals surface area contributed by atoms with Gasteiger partial charge in [-0.05, 0) is 19.9 Å². The number of amides is 1. The minimum absolute atomic E-state index is 0.305. The molecule has 1 heterocycles. The first-order chi connectivity index (χ1) is 5.27. The van der Waals surface area contributed by atoms with Crippen LogP contribution in [0.4, 0.5) is 0 Å². The first-order valence-electron chi connectivity index (χ1n) is 4.25. The SMILES string of the molecule is CN(CC(=O)N1CC1)C1CC1. The summed E-state index contributed by atoms with van der Waals surface area (Å²) >= 11 is 0. The van der Waals surface area contributed by atoms with Crippen LogP contribution >= 0.6 is 0 Å². The van der Waals surface area contributed by atoms with Crippen LogP contribution in [0.25, 0.3) is 0 Å². The largest absolute Gasteiger partial charge is 0.338 e. The van der Waals surface area contributed by atoms with Crippen molar-refractivity contribution in [3.05, 3.63) is 0 Å². The van der Waals surface area contributed by atoms with Crippen LogP contribution in [0.2, 0.25) is 0 Å². The Morgan fingerprint density at radius 3 is 2.64 bits per heavy atom. The number of likely N-dealkylation sites (N-methyl/N-ethyl adjacent to an activating group) is 1. The van der Waals surface area contributed by atoms with E-state index in [2.05, 4.69) is 4.90 Å². The molecule has 0 unspecified atom stereocenters. The molecule has 0 N–H and O–H groups in total. The van der Waals surface area contributed by atoms with E-state index in [1.807, 2.05) is 11.9 Å². The molecule has 2 rings (SSSR count). The maximum Gasteiger partial charge on any atom is 0.236 e. The molecule has 2 fully saturated rings. The van der Waals surface area contributed by atoms with Crippen LogP contribution in [-0.2, 0) is 4.79 Å². The third kappa shape index (κ3) is 1.71. The van der Waals surface area contributed by atoms with Gasteiger partial charge >= 0.3 is 0 Å². The highest BCUT2D eigenvalue weighted by Crippen LogP contribution is 2.25. The van der Waals surface area contributed by atoms with Crippen molar-refractivity contribution in [1.29, 1.82) is 0 Å². The molecule has 3 heteroatoms. The van der Waals surface area contributed by atoms with E-state index in [1.54, 1.807) is 0 Å². The molecular formula is C8H14N2O. The van der Waals surface area contributed by atoms with E-state index in [1.165, 1.54) is 12.8 Å². The van der Waals surface area contributed by atoms with Crippen molar-refractivity contribution in [2.24, 2.45) is 0 Å². The van der Waals surface area contributed by atoms with E-state index in [-0.39, 0.29) is 0 Å². The molecule has 0 spiro atoms. The summed E-state index contributed by atoms with van der Waals surface area (Å²) in [6, 6.07) is 0.707. The molecule has 1 amide bonds. The van der Waals surface area contributed by atoms with E-state index >= 15 is 0 Å². The normalized spacial score (nSPS) is 22.5. The first-order valence-corrected chi connectivity index (χ1v) is 4.25. The average molecular weight is 154 g/mol. The Bertz CT molecular complexity index is 173. The van der Waals surface area contributed by atoms with Gasteiger partial charge in [0.25, 0.3) is 0 Å². The van der Waals surface area contributed by atoms with E-state index in [0.29, 0.717) is 18.5 Å². The van der Waals surface area contributed by atoms with E-state index in [9.17, 15) is 4.79 Å². The summed E-state index contributed by atoms with van der Waals surface area (Å²) in [7, 11) is 2.04. The highest BCUT2D eigenvalue weighted by Gasteiger charge is 2.30. The van der Waals surface area contributed by atoms with Crippen LogP contribution in [0.3, 0.4) is 0 Å². The number of hydrogen-bond acceptors (Lipinski definition) is 2. The van der Waals surface area contributed by atoms with Crippen molar-refractivity contribution in [1.82, 2.24) is 9.80 Å². The number of carbonyl (C=O) groups excluding carboxylic acids is 1. The topological polar surface area (TPSA) is 23.3 Å². The zero-order chi connectivity index (χ0) is 7.84. The van der Waals surface area contributed by atoms with Gasteiger partial charge in [-0.2, -0.15) is 0 Å². The van der Waals surface area contributed by atoms with Crippen molar-refractivity contribution in [3.8, 4) is 0 Å². The van der Waals surface area contributed by atoms with Crippen molar-refractivity contribution >= 4 is 5.91 Å². The summed E-state index contributed by atoms with van der Waals surface area (Å²) in [5, 5.41) is 0. The fourth-order valence-electron chi connectivity index (χ4n) is 1.26. The molecule has 0 aromatic heterocycles. The van der Waals surface area contributed by atoms with Crippen molar-refractivity contribution in [2.75, 3.05) is 26.7 Å². The van der Waals surface area contributed by atoms with E-state index in [0.717, 1.165) is 13.1 Å². The number of hydrogen-bond donors (Lipinski definition) is 0. The molecule has 1 saturated carbocycles. The first kappa shape index (κ1) is 7.10. The second kappa shape index (κ2) is 2.48. The van der Waals surface area contributed by atoms with Gasteiger partial charge in [-0.25, -0.2) is 0 Å². The molecule has 62 valence electrons. The third-order valence-corrected chi connectivity index (χ3v) is 2.35. The maximum atomic E-state index is 11.2. The van der Waals surface area contributed by atoms with Crippen molar-refractivity contribution in [3.63, 3.8) is 0 Å². The Morgan fingerprint density at radius 1 is 1.55 bits per heavy atom. The van der Waals surface area contributed by atoms with Gasteiger partial charge in [-0.1, -0.05) is 0 Å². The van der Waals surface area contributed by atoms with E-state index < -0.39 is 0 Å². The van der Waals surface area contributed by atoms with Gasteiger partial charge in [0.15, 0.2) is 0 Å². The molecule has 0 aromatic rings. The predicted octanol–water partition coefficient (Wildman–Crippen LogP) is -0.0772. The van der Waals surface area contributed by atoms with Gasteiger partial charge < -0.3 is 4.90 Å². The minimum Gasteiger partial charge on any atom is -0.338 e. The Morgan fingerprint density at radius 2 is 2.18 bits per heavy atom. The van der Waals surface area contributed by atoms with Gasteiger partial charge in [0.2, 0.25) is 5.91 Å². The molecule has 1 aliphatic carbocycles. The Kier molecular flexibility index (Phi) is 1.60. The lowest BCUT2D eigenvalue weighted by molar-refractivity contribution is -0.126. The van der Waals surface area contributed by atoms with Crippen LogP contribution in [0.15, 0.2) is 0 Å². The Labute approximate surface area is 67.0 Å². The number of nitrogens with zero attached hydrogens (tertiary/aromatic N) is 2. The highest BCUT2D eigenvalue weighted by atomic mass is 16.2. The summed E-state index contributed by atoms with van der Waals surface area (Å²) < 4.78 is 0. The Hall–Kier alpha value is -0.570. The second-order valence-corrected chi connectivity index (χ2v) is 3.53. The zero-order valence-corrected chi connectivity index (χ0v) is 6.92. The van der Waals surface area contributed by atoms with Gasteiger partial charge in [0.05, 0.1) is 6.54 Å². The van der Waals surface area contributed by atoms with E-state index in [4.69, 9.17) is 0 Å².